The van der Waals surface area contributed by atoms with Crippen LogP contribution in [0.15, 0.2) is 18.2 Å². The fourth-order valence-electron chi connectivity index (χ4n) is 1.79. The minimum absolute atomic E-state index is 0.0626. The molecule has 1 rings (SSSR count). The second kappa shape index (κ2) is 6.18. The Morgan fingerprint density at radius 3 is 2.35 bits per heavy atom. The second-order valence-corrected chi connectivity index (χ2v) is 3.87. The summed E-state index contributed by atoms with van der Waals surface area (Å²) in [4.78, 5) is 24.9. The summed E-state index contributed by atoms with van der Waals surface area (Å²) < 4.78 is 0. The van der Waals surface area contributed by atoms with Gasteiger partial charge in [-0.25, -0.2) is 0 Å². The van der Waals surface area contributed by atoms with Gasteiger partial charge < -0.3 is 4.90 Å². The van der Waals surface area contributed by atoms with Gasteiger partial charge in [-0.2, -0.15) is 0 Å². The SMILES string of the molecule is CCc1ccc(C=O)c(C(=O)N(CC)CC)c1. The van der Waals surface area contributed by atoms with Crippen molar-refractivity contribution < 1.29 is 9.59 Å². The number of nitrogens with zero attached hydrogens (tertiary/aromatic N) is 1. The van der Waals surface area contributed by atoms with Crippen molar-refractivity contribution in [2.24, 2.45) is 0 Å². The number of carbonyl (C=O) groups is 2. The smallest absolute Gasteiger partial charge is 0.254 e. The van der Waals surface area contributed by atoms with Crippen LogP contribution in [0.25, 0.3) is 0 Å². The predicted octanol–water partition coefficient (Wildman–Crippen LogP) is 2.54. The fraction of sp³-hybridized carbons (Fsp3) is 0.429. The van der Waals surface area contributed by atoms with Crippen LogP contribution in [0.3, 0.4) is 0 Å². The van der Waals surface area contributed by atoms with Gasteiger partial charge in [0.25, 0.3) is 5.91 Å². The van der Waals surface area contributed by atoms with Crippen molar-refractivity contribution >= 4 is 12.2 Å². The third kappa shape index (κ3) is 2.93. The van der Waals surface area contributed by atoms with Crippen molar-refractivity contribution in [1.82, 2.24) is 4.90 Å². The summed E-state index contributed by atoms with van der Waals surface area (Å²) in [7, 11) is 0. The van der Waals surface area contributed by atoms with Crippen LogP contribution in [0.2, 0.25) is 0 Å². The van der Waals surface area contributed by atoms with E-state index in [1.54, 1.807) is 11.0 Å². The average Bonchev–Trinajstić information content (AvgIpc) is 2.39. The standard InChI is InChI=1S/C14H19NO2/c1-4-11-7-8-12(10-16)13(9-11)14(17)15(5-2)6-3/h7-10H,4-6H2,1-3H3. The number of aryl methyl sites for hydroxylation is 1. The molecule has 0 N–H and O–H groups in total. The van der Waals surface area contributed by atoms with Crippen LogP contribution in [-0.2, 0) is 6.42 Å². The Morgan fingerprint density at radius 1 is 1.24 bits per heavy atom. The Labute approximate surface area is 102 Å². The maximum atomic E-state index is 12.2. The molecule has 0 atom stereocenters. The van der Waals surface area contributed by atoms with E-state index in [0.717, 1.165) is 18.3 Å². The quantitative estimate of drug-likeness (QED) is 0.733. The zero-order valence-electron chi connectivity index (χ0n) is 10.7. The molecule has 1 aromatic rings. The van der Waals surface area contributed by atoms with Gasteiger partial charge in [-0.05, 0) is 31.9 Å². The lowest BCUT2D eigenvalue weighted by Gasteiger charge is -2.19. The minimum atomic E-state index is -0.0626. The van der Waals surface area contributed by atoms with Gasteiger partial charge >= 0.3 is 0 Å². The normalized spacial score (nSPS) is 10.1. The van der Waals surface area contributed by atoms with Crippen molar-refractivity contribution in [2.45, 2.75) is 27.2 Å². The van der Waals surface area contributed by atoms with Crippen LogP contribution in [0, 0.1) is 0 Å². The van der Waals surface area contributed by atoms with Crippen LogP contribution in [0.1, 0.15) is 47.1 Å². The molecule has 0 unspecified atom stereocenters. The van der Waals surface area contributed by atoms with E-state index in [2.05, 4.69) is 0 Å². The molecule has 0 spiro atoms. The highest BCUT2D eigenvalue weighted by molar-refractivity contribution is 6.01. The van der Waals surface area contributed by atoms with Crippen molar-refractivity contribution in [3.05, 3.63) is 34.9 Å². The van der Waals surface area contributed by atoms with Crippen LogP contribution >= 0.6 is 0 Å². The molecule has 1 amide bonds. The first-order chi connectivity index (χ1) is 8.17. The lowest BCUT2D eigenvalue weighted by molar-refractivity contribution is 0.0770. The number of benzene rings is 1. The summed E-state index contributed by atoms with van der Waals surface area (Å²) in [5.74, 6) is -0.0626. The Balaban J connectivity index is 3.17. The summed E-state index contributed by atoms with van der Waals surface area (Å²) in [6.45, 7) is 7.22. The highest BCUT2D eigenvalue weighted by Crippen LogP contribution is 2.14. The van der Waals surface area contributed by atoms with Crippen molar-refractivity contribution in [3.63, 3.8) is 0 Å². The number of aldehydes is 1. The molecule has 17 heavy (non-hydrogen) atoms. The maximum absolute atomic E-state index is 12.2. The number of hydrogen-bond acceptors (Lipinski definition) is 2. The number of hydrogen-bond donors (Lipinski definition) is 0. The van der Waals surface area contributed by atoms with Gasteiger partial charge in [-0.3, -0.25) is 9.59 Å². The summed E-state index contributed by atoms with van der Waals surface area (Å²) in [5.41, 5.74) is 2.06. The molecular weight excluding hydrogens is 214 g/mol. The fourth-order valence-corrected chi connectivity index (χ4v) is 1.79. The first kappa shape index (κ1) is 13.4. The average molecular weight is 233 g/mol. The molecule has 0 bridgehead atoms. The molecule has 0 saturated carbocycles. The topological polar surface area (TPSA) is 37.4 Å². The first-order valence-electron chi connectivity index (χ1n) is 6.05. The molecule has 0 heterocycles. The van der Waals surface area contributed by atoms with E-state index < -0.39 is 0 Å². The lowest BCUT2D eigenvalue weighted by atomic mass is 10.0. The van der Waals surface area contributed by atoms with E-state index in [9.17, 15) is 9.59 Å². The molecule has 0 aliphatic carbocycles. The van der Waals surface area contributed by atoms with E-state index >= 15 is 0 Å². The van der Waals surface area contributed by atoms with E-state index in [-0.39, 0.29) is 5.91 Å². The number of amides is 1. The third-order valence-corrected chi connectivity index (χ3v) is 2.93. The van der Waals surface area contributed by atoms with E-state index in [1.807, 2.05) is 32.9 Å². The highest BCUT2D eigenvalue weighted by Gasteiger charge is 2.16. The van der Waals surface area contributed by atoms with Gasteiger partial charge in [0.2, 0.25) is 0 Å². The van der Waals surface area contributed by atoms with E-state index in [4.69, 9.17) is 0 Å². The molecular formula is C14H19NO2. The highest BCUT2D eigenvalue weighted by atomic mass is 16.2. The summed E-state index contributed by atoms with van der Waals surface area (Å²) >= 11 is 0. The van der Waals surface area contributed by atoms with Gasteiger partial charge in [-0.1, -0.05) is 19.1 Å². The maximum Gasteiger partial charge on any atom is 0.254 e. The van der Waals surface area contributed by atoms with Crippen LogP contribution in [-0.4, -0.2) is 30.2 Å². The van der Waals surface area contributed by atoms with Gasteiger partial charge in [0.15, 0.2) is 6.29 Å². The second-order valence-electron chi connectivity index (χ2n) is 3.87. The molecule has 0 aromatic heterocycles. The largest absolute Gasteiger partial charge is 0.339 e. The van der Waals surface area contributed by atoms with Crippen molar-refractivity contribution in [1.29, 1.82) is 0 Å². The summed E-state index contributed by atoms with van der Waals surface area (Å²) in [5, 5.41) is 0. The molecule has 0 fully saturated rings. The Morgan fingerprint density at radius 2 is 1.88 bits per heavy atom. The number of carbonyl (C=O) groups excluding carboxylic acids is 2. The van der Waals surface area contributed by atoms with Gasteiger partial charge in [-0.15, -0.1) is 0 Å². The van der Waals surface area contributed by atoms with Gasteiger partial charge in [0, 0.05) is 18.7 Å². The molecule has 3 heteroatoms. The molecule has 0 aliphatic rings. The Kier molecular flexibility index (Phi) is 4.88. The van der Waals surface area contributed by atoms with E-state index in [1.165, 1.54) is 0 Å². The molecule has 3 nitrogen and oxygen atoms in total. The monoisotopic (exact) mass is 233 g/mol. The molecule has 0 saturated heterocycles. The summed E-state index contributed by atoms with van der Waals surface area (Å²) in [6.07, 6.45) is 1.61. The van der Waals surface area contributed by atoms with Gasteiger partial charge in [0.1, 0.15) is 0 Å². The summed E-state index contributed by atoms with van der Waals surface area (Å²) in [6, 6.07) is 5.44. The van der Waals surface area contributed by atoms with Crippen LogP contribution in [0.4, 0.5) is 0 Å². The molecule has 0 radical (unpaired) electrons. The zero-order valence-corrected chi connectivity index (χ0v) is 10.7. The van der Waals surface area contributed by atoms with E-state index in [0.29, 0.717) is 24.2 Å². The number of rotatable bonds is 5. The van der Waals surface area contributed by atoms with Crippen molar-refractivity contribution in [3.8, 4) is 0 Å². The van der Waals surface area contributed by atoms with Crippen LogP contribution < -0.4 is 0 Å². The van der Waals surface area contributed by atoms with Crippen molar-refractivity contribution in [2.75, 3.05) is 13.1 Å². The zero-order chi connectivity index (χ0) is 12.8. The first-order valence-corrected chi connectivity index (χ1v) is 6.05. The van der Waals surface area contributed by atoms with Crippen LogP contribution in [0.5, 0.6) is 0 Å². The Hall–Kier alpha value is -1.64. The Bertz CT molecular complexity index is 409. The molecule has 1 aromatic carbocycles. The predicted molar refractivity (Wildman–Crippen MR) is 68.5 cm³/mol. The molecule has 92 valence electrons. The van der Waals surface area contributed by atoms with Gasteiger partial charge in [0.05, 0.1) is 5.56 Å². The lowest BCUT2D eigenvalue weighted by Crippen LogP contribution is -2.31. The molecule has 0 aliphatic heterocycles. The minimum Gasteiger partial charge on any atom is -0.339 e. The third-order valence-electron chi connectivity index (χ3n) is 2.93.